The number of carbonyl (C=O) groups is 1. The maximum absolute atomic E-state index is 12.3. The molecule has 0 saturated carbocycles. The average Bonchev–Trinajstić information content (AvgIpc) is 2.59. The SMILES string of the molecule is O=C(CCl)N(Cc1ccncc1)c1cccc2ccccc12. The average molecular weight is 311 g/mol. The first-order valence-electron chi connectivity index (χ1n) is 7.02. The first-order valence-corrected chi connectivity index (χ1v) is 7.56. The summed E-state index contributed by atoms with van der Waals surface area (Å²) in [5, 5.41) is 2.14. The Balaban J connectivity index is 2.07. The number of halogens is 1. The molecule has 1 aromatic heterocycles. The predicted octanol–water partition coefficient (Wildman–Crippen LogP) is 4.01. The van der Waals surface area contributed by atoms with Crippen molar-refractivity contribution in [3.05, 3.63) is 72.6 Å². The Labute approximate surface area is 134 Å². The monoisotopic (exact) mass is 310 g/mol. The minimum Gasteiger partial charge on any atom is -0.306 e. The van der Waals surface area contributed by atoms with Gasteiger partial charge in [-0.15, -0.1) is 11.6 Å². The summed E-state index contributed by atoms with van der Waals surface area (Å²) in [6.07, 6.45) is 3.45. The van der Waals surface area contributed by atoms with Crippen molar-refractivity contribution in [1.82, 2.24) is 4.98 Å². The van der Waals surface area contributed by atoms with E-state index < -0.39 is 0 Å². The van der Waals surface area contributed by atoms with Gasteiger partial charge in [0.1, 0.15) is 5.88 Å². The van der Waals surface area contributed by atoms with Gasteiger partial charge in [0.25, 0.3) is 0 Å². The highest BCUT2D eigenvalue weighted by Crippen LogP contribution is 2.28. The number of fused-ring (bicyclic) bond motifs is 1. The van der Waals surface area contributed by atoms with Gasteiger partial charge >= 0.3 is 0 Å². The van der Waals surface area contributed by atoms with E-state index in [0.29, 0.717) is 6.54 Å². The molecule has 0 aliphatic carbocycles. The summed E-state index contributed by atoms with van der Waals surface area (Å²) in [5.41, 5.74) is 1.89. The molecule has 22 heavy (non-hydrogen) atoms. The number of amides is 1. The van der Waals surface area contributed by atoms with Gasteiger partial charge in [-0.25, -0.2) is 0 Å². The van der Waals surface area contributed by atoms with E-state index in [1.165, 1.54) is 0 Å². The number of hydrogen-bond donors (Lipinski definition) is 0. The number of alkyl halides is 1. The van der Waals surface area contributed by atoms with E-state index in [-0.39, 0.29) is 11.8 Å². The third kappa shape index (κ3) is 2.95. The second-order valence-corrected chi connectivity index (χ2v) is 5.23. The number of hydrogen-bond acceptors (Lipinski definition) is 2. The van der Waals surface area contributed by atoms with Crippen molar-refractivity contribution in [3.63, 3.8) is 0 Å². The van der Waals surface area contributed by atoms with Crippen molar-refractivity contribution in [2.45, 2.75) is 6.54 Å². The first kappa shape index (κ1) is 14.5. The van der Waals surface area contributed by atoms with E-state index >= 15 is 0 Å². The van der Waals surface area contributed by atoms with E-state index in [1.807, 2.05) is 54.6 Å². The fraction of sp³-hybridized carbons (Fsp3) is 0.111. The maximum atomic E-state index is 12.3. The summed E-state index contributed by atoms with van der Waals surface area (Å²) < 4.78 is 0. The Morgan fingerprint density at radius 1 is 1.00 bits per heavy atom. The third-order valence-corrected chi connectivity index (χ3v) is 3.79. The Bertz CT molecular complexity index is 784. The van der Waals surface area contributed by atoms with Crippen LogP contribution in [0.25, 0.3) is 10.8 Å². The number of carbonyl (C=O) groups excluding carboxylic acids is 1. The van der Waals surface area contributed by atoms with Crippen LogP contribution in [0.1, 0.15) is 5.56 Å². The second-order valence-electron chi connectivity index (χ2n) is 4.97. The predicted molar refractivity (Wildman–Crippen MR) is 90.1 cm³/mol. The van der Waals surface area contributed by atoms with Gasteiger partial charge in [0.2, 0.25) is 5.91 Å². The molecule has 1 amide bonds. The first-order chi connectivity index (χ1) is 10.8. The minimum absolute atomic E-state index is 0.0473. The summed E-state index contributed by atoms with van der Waals surface area (Å²) >= 11 is 5.81. The molecule has 3 rings (SSSR count). The van der Waals surface area contributed by atoms with Gasteiger partial charge in [-0.1, -0.05) is 36.4 Å². The molecule has 2 aromatic carbocycles. The fourth-order valence-corrected chi connectivity index (χ4v) is 2.64. The Kier molecular flexibility index (Phi) is 4.35. The molecule has 0 fully saturated rings. The highest BCUT2D eigenvalue weighted by atomic mass is 35.5. The van der Waals surface area contributed by atoms with E-state index in [0.717, 1.165) is 22.0 Å². The van der Waals surface area contributed by atoms with Gasteiger partial charge in [0.05, 0.1) is 12.2 Å². The van der Waals surface area contributed by atoms with Crippen molar-refractivity contribution in [3.8, 4) is 0 Å². The van der Waals surface area contributed by atoms with Gasteiger partial charge in [-0.2, -0.15) is 0 Å². The number of anilines is 1. The summed E-state index contributed by atoms with van der Waals surface area (Å²) in [7, 11) is 0. The molecule has 0 saturated heterocycles. The van der Waals surface area contributed by atoms with E-state index in [1.54, 1.807) is 17.3 Å². The Hall–Kier alpha value is -2.39. The van der Waals surface area contributed by atoms with Gasteiger partial charge in [-0.05, 0) is 29.1 Å². The Morgan fingerprint density at radius 2 is 1.73 bits per heavy atom. The van der Waals surface area contributed by atoms with Crippen LogP contribution in [0.4, 0.5) is 5.69 Å². The van der Waals surface area contributed by atoms with Crippen LogP contribution < -0.4 is 4.90 Å². The number of nitrogens with zero attached hydrogens (tertiary/aromatic N) is 2. The van der Waals surface area contributed by atoms with Crippen LogP contribution in [0.2, 0.25) is 0 Å². The van der Waals surface area contributed by atoms with E-state index in [4.69, 9.17) is 11.6 Å². The summed E-state index contributed by atoms with van der Waals surface area (Å²) in [4.78, 5) is 18.1. The lowest BCUT2D eigenvalue weighted by atomic mass is 10.1. The fourth-order valence-electron chi connectivity index (χ4n) is 2.49. The van der Waals surface area contributed by atoms with Gasteiger partial charge in [0, 0.05) is 17.8 Å². The van der Waals surface area contributed by atoms with Crippen molar-refractivity contribution < 1.29 is 4.79 Å². The normalized spacial score (nSPS) is 10.6. The minimum atomic E-state index is -0.116. The lowest BCUT2D eigenvalue weighted by Crippen LogP contribution is -2.31. The molecule has 0 spiro atoms. The van der Waals surface area contributed by atoms with Crippen molar-refractivity contribution in [1.29, 1.82) is 0 Å². The molecule has 0 aliphatic heterocycles. The van der Waals surface area contributed by atoms with Gasteiger partial charge in [-0.3, -0.25) is 9.78 Å². The summed E-state index contributed by atoms with van der Waals surface area (Å²) in [5.74, 6) is -0.163. The van der Waals surface area contributed by atoms with Crippen LogP contribution in [0, 0.1) is 0 Å². The van der Waals surface area contributed by atoms with Crippen LogP contribution in [0.15, 0.2) is 67.0 Å². The zero-order chi connectivity index (χ0) is 15.4. The molecule has 0 atom stereocenters. The zero-order valence-corrected chi connectivity index (χ0v) is 12.7. The van der Waals surface area contributed by atoms with Crippen molar-refractivity contribution in [2.24, 2.45) is 0 Å². The van der Waals surface area contributed by atoms with Crippen LogP contribution in [0.3, 0.4) is 0 Å². The van der Waals surface area contributed by atoms with Crippen LogP contribution in [0.5, 0.6) is 0 Å². The standard InChI is InChI=1S/C18H15ClN2O/c19-12-18(22)21(13-14-8-10-20-11-9-14)17-7-3-5-15-4-1-2-6-16(15)17/h1-11H,12-13H2. The van der Waals surface area contributed by atoms with Crippen LogP contribution >= 0.6 is 11.6 Å². The molecule has 0 aliphatic rings. The summed E-state index contributed by atoms with van der Waals surface area (Å²) in [6, 6.07) is 17.8. The maximum Gasteiger partial charge on any atom is 0.242 e. The topological polar surface area (TPSA) is 33.2 Å². The zero-order valence-electron chi connectivity index (χ0n) is 11.9. The third-order valence-electron chi connectivity index (χ3n) is 3.56. The Morgan fingerprint density at radius 3 is 2.50 bits per heavy atom. The van der Waals surface area contributed by atoms with Crippen molar-refractivity contribution in [2.75, 3.05) is 10.8 Å². The highest BCUT2D eigenvalue weighted by Gasteiger charge is 2.17. The summed E-state index contributed by atoms with van der Waals surface area (Å²) in [6.45, 7) is 0.474. The molecule has 0 bridgehead atoms. The molecule has 3 nitrogen and oxygen atoms in total. The molecule has 0 N–H and O–H groups in total. The lowest BCUT2D eigenvalue weighted by Gasteiger charge is -2.23. The van der Waals surface area contributed by atoms with Gasteiger partial charge in [0.15, 0.2) is 0 Å². The molecule has 0 radical (unpaired) electrons. The molecule has 1 heterocycles. The molecule has 0 unspecified atom stereocenters. The van der Waals surface area contributed by atoms with E-state index in [2.05, 4.69) is 4.98 Å². The molecular weight excluding hydrogens is 296 g/mol. The quantitative estimate of drug-likeness (QED) is 0.682. The van der Waals surface area contributed by atoms with Crippen molar-refractivity contribution >= 4 is 34.0 Å². The number of pyridine rings is 1. The molecule has 3 aromatic rings. The van der Waals surface area contributed by atoms with E-state index in [9.17, 15) is 4.79 Å². The largest absolute Gasteiger partial charge is 0.306 e. The number of benzene rings is 2. The lowest BCUT2D eigenvalue weighted by molar-refractivity contribution is -0.116. The van der Waals surface area contributed by atoms with Gasteiger partial charge < -0.3 is 4.90 Å². The smallest absolute Gasteiger partial charge is 0.242 e. The van der Waals surface area contributed by atoms with Crippen LogP contribution in [-0.2, 0) is 11.3 Å². The number of aromatic nitrogens is 1. The highest BCUT2D eigenvalue weighted by molar-refractivity contribution is 6.29. The second kappa shape index (κ2) is 6.58. The molecular formula is C18H15ClN2O. The molecule has 4 heteroatoms. The number of rotatable bonds is 4. The molecule has 110 valence electrons. The van der Waals surface area contributed by atoms with Crippen LogP contribution in [-0.4, -0.2) is 16.8 Å².